The van der Waals surface area contributed by atoms with Crippen LogP contribution >= 0.6 is 0 Å². The number of anilines is 1. The SMILES string of the molecule is CCCOCCCNC(=O)c1cc(N)n[nH]1. The fraction of sp³-hybridized carbons (Fsp3) is 0.600. The smallest absolute Gasteiger partial charge is 0.269 e. The first-order valence-electron chi connectivity index (χ1n) is 5.41. The third kappa shape index (κ3) is 4.31. The molecular formula is C10H18N4O2. The van der Waals surface area contributed by atoms with Crippen LogP contribution < -0.4 is 11.1 Å². The predicted molar refractivity (Wildman–Crippen MR) is 61.1 cm³/mol. The summed E-state index contributed by atoms with van der Waals surface area (Å²) in [5.74, 6) is 0.121. The van der Waals surface area contributed by atoms with Crippen LogP contribution in [-0.2, 0) is 4.74 Å². The van der Waals surface area contributed by atoms with E-state index in [0.717, 1.165) is 19.4 Å². The molecule has 0 aliphatic carbocycles. The average Bonchev–Trinajstić information content (AvgIpc) is 2.70. The zero-order valence-corrected chi connectivity index (χ0v) is 9.45. The molecule has 0 atom stereocenters. The molecule has 0 radical (unpaired) electrons. The summed E-state index contributed by atoms with van der Waals surface area (Å²) >= 11 is 0. The lowest BCUT2D eigenvalue weighted by Crippen LogP contribution is -2.25. The Hall–Kier alpha value is -1.56. The van der Waals surface area contributed by atoms with Crippen molar-refractivity contribution in [2.24, 2.45) is 0 Å². The number of hydrogen-bond acceptors (Lipinski definition) is 4. The van der Waals surface area contributed by atoms with E-state index in [1.54, 1.807) is 0 Å². The lowest BCUT2D eigenvalue weighted by Gasteiger charge is -2.04. The Morgan fingerprint density at radius 2 is 2.44 bits per heavy atom. The molecule has 1 amide bonds. The Labute approximate surface area is 94.5 Å². The normalized spacial score (nSPS) is 10.3. The van der Waals surface area contributed by atoms with E-state index in [-0.39, 0.29) is 5.91 Å². The van der Waals surface area contributed by atoms with Gasteiger partial charge in [-0.25, -0.2) is 0 Å². The van der Waals surface area contributed by atoms with Crippen LogP contribution in [0.4, 0.5) is 5.82 Å². The van der Waals surface area contributed by atoms with Crippen LogP contribution in [0.15, 0.2) is 6.07 Å². The zero-order chi connectivity index (χ0) is 11.8. The van der Waals surface area contributed by atoms with Crippen molar-refractivity contribution in [3.63, 3.8) is 0 Å². The average molecular weight is 226 g/mol. The number of amides is 1. The van der Waals surface area contributed by atoms with E-state index >= 15 is 0 Å². The Balaban J connectivity index is 2.11. The summed E-state index contributed by atoms with van der Waals surface area (Å²) in [4.78, 5) is 11.5. The topological polar surface area (TPSA) is 93.0 Å². The van der Waals surface area contributed by atoms with Crippen molar-refractivity contribution in [1.29, 1.82) is 0 Å². The molecule has 0 bridgehead atoms. The second-order valence-corrected chi connectivity index (χ2v) is 3.43. The number of hydrogen-bond donors (Lipinski definition) is 3. The van der Waals surface area contributed by atoms with Crippen LogP contribution in [0.2, 0.25) is 0 Å². The molecule has 16 heavy (non-hydrogen) atoms. The minimum Gasteiger partial charge on any atom is -0.382 e. The molecule has 0 aromatic carbocycles. The Kier molecular flexibility index (Phi) is 5.35. The summed E-state index contributed by atoms with van der Waals surface area (Å²) in [5, 5.41) is 8.97. The van der Waals surface area contributed by atoms with Gasteiger partial charge in [-0.1, -0.05) is 6.92 Å². The molecule has 0 aliphatic heterocycles. The molecule has 1 aromatic rings. The number of H-pyrrole nitrogens is 1. The molecule has 1 heterocycles. The predicted octanol–water partition coefficient (Wildman–Crippen LogP) is 0.538. The molecular weight excluding hydrogens is 208 g/mol. The summed E-state index contributed by atoms with van der Waals surface area (Å²) in [6.45, 7) is 4.08. The summed E-state index contributed by atoms with van der Waals surface area (Å²) in [6.07, 6.45) is 1.81. The van der Waals surface area contributed by atoms with Gasteiger partial charge >= 0.3 is 0 Å². The van der Waals surface area contributed by atoms with E-state index in [4.69, 9.17) is 10.5 Å². The number of nitrogens with one attached hydrogen (secondary N) is 2. The number of nitrogens with zero attached hydrogens (tertiary/aromatic N) is 1. The molecule has 0 spiro atoms. The highest BCUT2D eigenvalue weighted by atomic mass is 16.5. The summed E-state index contributed by atoms with van der Waals surface area (Å²) < 4.78 is 5.28. The minimum atomic E-state index is -0.195. The van der Waals surface area contributed by atoms with E-state index in [1.807, 2.05) is 0 Å². The maximum absolute atomic E-state index is 11.5. The first-order valence-corrected chi connectivity index (χ1v) is 5.41. The van der Waals surface area contributed by atoms with Gasteiger partial charge in [0.2, 0.25) is 0 Å². The second kappa shape index (κ2) is 6.84. The monoisotopic (exact) mass is 226 g/mol. The summed E-state index contributed by atoms with van der Waals surface area (Å²) in [5.41, 5.74) is 5.77. The number of carbonyl (C=O) groups excluding carboxylic acids is 1. The number of ether oxygens (including phenoxy) is 1. The molecule has 1 rings (SSSR count). The minimum absolute atomic E-state index is 0.195. The van der Waals surface area contributed by atoms with Gasteiger partial charge in [0, 0.05) is 25.8 Å². The van der Waals surface area contributed by atoms with E-state index in [0.29, 0.717) is 24.7 Å². The van der Waals surface area contributed by atoms with Gasteiger partial charge in [0.1, 0.15) is 11.5 Å². The standard InChI is InChI=1S/C10H18N4O2/c1-2-5-16-6-3-4-12-10(15)8-7-9(11)14-13-8/h7H,2-6H2,1H3,(H,12,15)(H3,11,13,14). The van der Waals surface area contributed by atoms with E-state index in [9.17, 15) is 4.79 Å². The second-order valence-electron chi connectivity index (χ2n) is 3.43. The molecule has 6 nitrogen and oxygen atoms in total. The number of nitrogens with two attached hydrogens (primary N) is 1. The number of carbonyl (C=O) groups is 1. The quantitative estimate of drug-likeness (QED) is 0.591. The molecule has 4 N–H and O–H groups in total. The van der Waals surface area contributed by atoms with E-state index in [2.05, 4.69) is 22.4 Å². The van der Waals surface area contributed by atoms with Crippen molar-refractivity contribution in [2.45, 2.75) is 19.8 Å². The van der Waals surface area contributed by atoms with Crippen LogP contribution in [0.25, 0.3) is 0 Å². The third-order valence-corrected chi connectivity index (χ3v) is 1.94. The van der Waals surface area contributed by atoms with Crippen LogP contribution in [-0.4, -0.2) is 35.9 Å². The first-order chi connectivity index (χ1) is 7.74. The number of rotatable bonds is 7. The van der Waals surface area contributed by atoms with Gasteiger partial charge in [0.05, 0.1) is 0 Å². The molecule has 1 aromatic heterocycles. The molecule has 0 saturated heterocycles. The van der Waals surface area contributed by atoms with E-state index < -0.39 is 0 Å². The molecule has 0 saturated carbocycles. The first kappa shape index (κ1) is 12.5. The van der Waals surface area contributed by atoms with Crippen LogP contribution in [0, 0.1) is 0 Å². The van der Waals surface area contributed by atoms with Gasteiger partial charge in [-0.15, -0.1) is 0 Å². The highest BCUT2D eigenvalue weighted by molar-refractivity contribution is 5.92. The van der Waals surface area contributed by atoms with Crippen molar-refractivity contribution in [2.75, 3.05) is 25.5 Å². The van der Waals surface area contributed by atoms with Crippen molar-refractivity contribution < 1.29 is 9.53 Å². The Morgan fingerprint density at radius 3 is 3.06 bits per heavy atom. The number of aromatic amines is 1. The molecule has 0 unspecified atom stereocenters. The van der Waals surface area contributed by atoms with Crippen LogP contribution in [0.3, 0.4) is 0 Å². The van der Waals surface area contributed by atoms with Crippen LogP contribution in [0.5, 0.6) is 0 Å². The Morgan fingerprint density at radius 1 is 1.62 bits per heavy atom. The lowest BCUT2D eigenvalue weighted by atomic mass is 10.3. The summed E-state index contributed by atoms with van der Waals surface area (Å²) in [7, 11) is 0. The third-order valence-electron chi connectivity index (χ3n) is 1.94. The van der Waals surface area contributed by atoms with E-state index in [1.165, 1.54) is 6.07 Å². The van der Waals surface area contributed by atoms with Crippen molar-refractivity contribution >= 4 is 11.7 Å². The fourth-order valence-electron chi connectivity index (χ4n) is 1.17. The Bertz CT molecular complexity index is 324. The van der Waals surface area contributed by atoms with Gasteiger partial charge in [0.15, 0.2) is 0 Å². The van der Waals surface area contributed by atoms with Crippen molar-refractivity contribution in [3.8, 4) is 0 Å². The van der Waals surface area contributed by atoms with Gasteiger partial charge in [0.25, 0.3) is 5.91 Å². The van der Waals surface area contributed by atoms with Gasteiger partial charge in [-0.05, 0) is 12.8 Å². The highest BCUT2D eigenvalue weighted by Crippen LogP contribution is 1.99. The molecule has 0 fully saturated rings. The van der Waals surface area contributed by atoms with Gasteiger partial charge in [-0.3, -0.25) is 9.89 Å². The molecule has 6 heteroatoms. The van der Waals surface area contributed by atoms with Crippen molar-refractivity contribution in [3.05, 3.63) is 11.8 Å². The lowest BCUT2D eigenvalue weighted by molar-refractivity contribution is 0.0936. The number of aromatic nitrogens is 2. The fourth-order valence-corrected chi connectivity index (χ4v) is 1.17. The summed E-state index contributed by atoms with van der Waals surface area (Å²) in [6, 6.07) is 1.50. The zero-order valence-electron chi connectivity index (χ0n) is 9.45. The highest BCUT2D eigenvalue weighted by Gasteiger charge is 2.06. The van der Waals surface area contributed by atoms with Crippen LogP contribution in [0.1, 0.15) is 30.3 Å². The largest absolute Gasteiger partial charge is 0.382 e. The van der Waals surface area contributed by atoms with Gasteiger partial charge < -0.3 is 15.8 Å². The maximum atomic E-state index is 11.5. The van der Waals surface area contributed by atoms with Gasteiger partial charge in [-0.2, -0.15) is 5.10 Å². The number of nitrogen functional groups attached to an aromatic ring is 1. The molecule has 0 aliphatic rings. The van der Waals surface area contributed by atoms with Crippen molar-refractivity contribution in [1.82, 2.24) is 15.5 Å². The molecule has 90 valence electrons. The maximum Gasteiger partial charge on any atom is 0.269 e.